The van der Waals surface area contributed by atoms with E-state index in [0.29, 0.717) is 33.8 Å². The van der Waals surface area contributed by atoms with Crippen LogP contribution < -0.4 is 9.44 Å². The average molecular weight is 707 g/mol. The van der Waals surface area contributed by atoms with Gasteiger partial charge in [-0.25, -0.2) is 50.3 Å². The minimum absolute atomic E-state index is 0.0561. The Balaban J connectivity index is 0.000000261. The van der Waals surface area contributed by atoms with Crippen molar-refractivity contribution in [2.45, 2.75) is 46.1 Å². The number of carbonyl (C=O) groups excluding carboxylic acids is 1. The Morgan fingerprint density at radius 1 is 0.729 bits per heavy atom. The van der Waals surface area contributed by atoms with Gasteiger partial charge in [-0.05, 0) is 60.4 Å². The zero-order valence-corrected chi connectivity index (χ0v) is 28.9. The van der Waals surface area contributed by atoms with Crippen molar-refractivity contribution in [3.63, 3.8) is 0 Å². The summed E-state index contributed by atoms with van der Waals surface area (Å²) in [4.78, 5) is 29.0. The summed E-state index contributed by atoms with van der Waals surface area (Å²) in [6.45, 7) is 7.04. The van der Waals surface area contributed by atoms with Crippen molar-refractivity contribution in [3.8, 4) is 22.5 Å². The van der Waals surface area contributed by atoms with Crippen LogP contribution in [0.5, 0.6) is 0 Å². The van der Waals surface area contributed by atoms with Gasteiger partial charge < -0.3 is 9.84 Å². The number of benzene rings is 2. The van der Waals surface area contributed by atoms with E-state index in [-0.39, 0.29) is 41.6 Å². The van der Waals surface area contributed by atoms with Gasteiger partial charge in [0.2, 0.25) is 31.9 Å². The summed E-state index contributed by atoms with van der Waals surface area (Å²) in [6.07, 6.45) is 1.97. The molecule has 4 rings (SSSR count). The Kier molecular flexibility index (Phi) is 12.2. The molecular formula is C31H36F2N6O7S2. The van der Waals surface area contributed by atoms with Gasteiger partial charge in [-0.1, -0.05) is 27.7 Å². The minimum Gasteiger partial charge on any atom is -0.465 e. The normalized spacial score (nSPS) is 11.6. The van der Waals surface area contributed by atoms with Gasteiger partial charge >= 0.3 is 5.97 Å². The number of aliphatic hydroxyl groups excluding tert-OH is 1. The fourth-order valence-electron chi connectivity index (χ4n) is 4.42. The van der Waals surface area contributed by atoms with E-state index >= 15 is 0 Å². The van der Waals surface area contributed by atoms with Crippen LogP contribution in [0.4, 0.5) is 20.7 Å². The number of anilines is 2. The Morgan fingerprint density at radius 3 is 1.50 bits per heavy atom. The molecule has 2 aromatic carbocycles. The number of halogens is 2. The number of nitrogens with one attached hydrogen (secondary N) is 2. The number of aliphatic hydroxyl groups is 1. The molecule has 2 heterocycles. The lowest BCUT2D eigenvalue weighted by Gasteiger charge is -2.16. The van der Waals surface area contributed by atoms with E-state index in [4.69, 9.17) is 4.74 Å². The molecule has 258 valence electrons. The highest BCUT2D eigenvalue weighted by atomic mass is 32.2. The molecule has 0 aliphatic heterocycles. The standard InChI is InChI=1S/C16H18FN3O4S.C15H18FN3O3S/c1-9(2)13-12(15(21)24-3)14(10-5-7-11(17)8-6-10)19-16(18-13)20-25(4,22)23;1-9(2)13-12(8-20)14(10-4-6-11(16)7-5-10)18-15(17-13)19-23(3,21)22/h5-9H,1-4H3,(H,18,19,20);4-7,9,20H,8H2,1-3H3,(H,17,18,19). The maximum absolute atomic E-state index is 13.2. The van der Waals surface area contributed by atoms with E-state index < -0.39 is 37.7 Å². The Morgan fingerprint density at radius 2 is 1.12 bits per heavy atom. The highest BCUT2D eigenvalue weighted by molar-refractivity contribution is 7.92. The highest BCUT2D eigenvalue weighted by Gasteiger charge is 2.25. The Bertz CT molecular complexity index is 1990. The lowest BCUT2D eigenvalue weighted by molar-refractivity contribution is 0.0599. The van der Waals surface area contributed by atoms with Crippen molar-refractivity contribution in [1.82, 2.24) is 19.9 Å². The molecule has 17 heteroatoms. The van der Waals surface area contributed by atoms with Crippen LogP contribution in [-0.2, 0) is 31.4 Å². The van der Waals surface area contributed by atoms with Gasteiger partial charge in [0.1, 0.15) is 17.2 Å². The summed E-state index contributed by atoms with van der Waals surface area (Å²) in [7, 11) is -5.93. The molecule has 0 bridgehead atoms. The van der Waals surface area contributed by atoms with E-state index in [1.807, 2.05) is 13.8 Å². The van der Waals surface area contributed by atoms with Crippen molar-refractivity contribution in [3.05, 3.63) is 82.7 Å². The molecule has 0 fully saturated rings. The molecule has 3 N–H and O–H groups in total. The van der Waals surface area contributed by atoms with E-state index in [0.717, 1.165) is 12.5 Å². The Hall–Kier alpha value is -4.61. The maximum atomic E-state index is 13.2. The third-order valence-electron chi connectivity index (χ3n) is 6.41. The first-order valence-corrected chi connectivity index (χ1v) is 18.1. The van der Waals surface area contributed by atoms with E-state index in [2.05, 4.69) is 29.4 Å². The lowest BCUT2D eigenvalue weighted by Crippen LogP contribution is -2.18. The fourth-order valence-corrected chi connectivity index (χ4v) is 5.27. The number of sulfonamides is 2. The summed E-state index contributed by atoms with van der Waals surface area (Å²) in [5.74, 6) is -2.02. The lowest BCUT2D eigenvalue weighted by atomic mass is 9.98. The van der Waals surface area contributed by atoms with Gasteiger partial charge in [0.15, 0.2) is 0 Å². The van der Waals surface area contributed by atoms with Gasteiger partial charge in [0.05, 0.1) is 49.0 Å². The smallest absolute Gasteiger partial charge is 0.341 e. The summed E-state index contributed by atoms with van der Waals surface area (Å²) < 4.78 is 81.5. The van der Waals surface area contributed by atoms with Crippen molar-refractivity contribution >= 4 is 37.9 Å². The van der Waals surface area contributed by atoms with Crippen molar-refractivity contribution in [2.75, 3.05) is 29.1 Å². The number of hydrogen-bond acceptors (Lipinski definition) is 11. The minimum atomic E-state index is -3.62. The van der Waals surface area contributed by atoms with Crippen LogP contribution in [0.15, 0.2) is 48.5 Å². The number of rotatable bonds is 10. The highest BCUT2D eigenvalue weighted by Crippen LogP contribution is 2.31. The van der Waals surface area contributed by atoms with E-state index in [1.54, 1.807) is 13.8 Å². The number of hydrogen-bond donors (Lipinski definition) is 3. The van der Waals surface area contributed by atoms with Crippen LogP contribution >= 0.6 is 0 Å². The number of methoxy groups -OCH3 is 1. The second kappa shape index (κ2) is 15.5. The fraction of sp³-hybridized carbons (Fsp3) is 0.323. The van der Waals surface area contributed by atoms with Crippen LogP contribution in [-0.4, -0.2) is 67.5 Å². The second-order valence-electron chi connectivity index (χ2n) is 11.1. The first-order valence-electron chi connectivity index (χ1n) is 14.3. The largest absolute Gasteiger partial charge is 0.465 e. The monoisotopic (exact) mass is 706 g/mol. The molecule has 0 saturated carbocycles. The molecule has 0 spiro atoms. The average Bonchev–Trinajstić information content (AvgIpc) is 2.99. The third-order valence-corrected chi connectivity index (χ3v) is 7.51. The molecule has 0 saturated heterocycles. The van der Waals surface area contributed by atoms with Crippen LogP contribution in [0, 0.1) is 11.6 Å². The van der Waals surface area contributed by atoms with Crippen LogP contribution in [0.25, 0.3) is 22.5 Å². The van der Waals surface area contributed by atoms with Crippen molar-refractivity contribution in [1.29, 1.82) is 0 Å². The summed E-state index contributed by atoms with van der Waals surface area (Å²) in [5, 5.41) is 9.69. The number of esters is 1. The van der Waals surface area contributed by atoms with E-state index in [9.17, 15) is 35.5 Å². The van der Waals surface area contributed by atoms with Crippen LogP contribution in [0.2, 0.25) is 0 Å². The molecule has 0 unspecified atom stereocenters. The first kappa shape index (κ1) is 37.8. The molecule has 0 amide bonds. The quantitative estimate of drug-likeness (QED) is 0.191. The second-order valence-corrected chi connectivity index (χ2v) is 14.6. The van der Waals surface area contributed by atoms with Gasteiger partial charge in [-0.15, -0.1) is 0 Å². The van der Waals surface area contributed by atoms with Crippen molar-refractivity contribution < 1.29 is 40.3 Å². The SMILES string of the molecule is CC(C)c1nc(NS(C)(=O)=O)nc(-c2ccc(F)cc2)c1CO.COC(=O)c1c(-c2ccc(F)cc2)nc(NS(C)(=O)=O)nc1C(C)C. The molecule has 0 radical (unpaired) electrons. The zero-order chi connectivity index (χ0) is 36.0. The zero-order valence-electron chi connectivity index (χ0n) is 27.2. The molecule has 0 aliphatic rings. The van der Waals surface area contributed by atoms with Crippen molar-refractivity contribution in [2.24, 2.45) is 0 Å². The Labute approximate surface area is 278 Å². The van der Waals surface area contributed by atoms with Gasteiger partial charge in [0, 0.05) is 16.7 Å². The number of carbonyl (C=O) groups is 1. The predicted molar refractivity (Wildman–Crippen MR) is 177 cm³/mol. The molecule has 0 atom stereocenters. The van der Waals surface area contributed by atoms with Crippen LogP contribution in [0.3, 0.4) is 0 Å². The molecule has 4 aromatic rings. The molecular weight excluding hydrogens is 671 g/mol. The third kappa shape index (κ3) is 10.2. The summed E-state index contributed by atoms with van der Waals surface area (Å²) in [5.41, 5.74) is 3.00. The summed E-state index contributed by atoms with van der Waals surface area (Å²) in [6, 6.07) is 10.9. The molecule has 48 heavy (non-hydrogen) atoms. The molecule has 2 aromatic heterocycles. The maximum Gasteiger partial charge on any atom is 0.341 e. The number of aromatic nitrogens is 4. The topological polar surface area (TPSA) is 190 Å². The number of ether oxygens (including phenoxy) is 1. The first-order chi connectivity index (χ1) is 22.3. The molecule has 13 nitrogen and oxygen atoms in total. The predicted octanol–water partition coefficient (Wildman–Crippen LogP) is 4.83. The van der Waals surface area contributed by atoms with Gasteiger partial charge in [-0.2, -0.15) is 0 Å². The van der Waals surface area contributed by atoms with E-state index in [1.165, 1.54) is 55.6 Å². The van der Waals surface area contributed by atoms with Gasteiger partial charge in [0.25, 0.3) is 0 Å². The molecule has 0 aliphatic carbocycles. The number of nitrogens with zero attached hydrogens (tertiary/aromatic N) is 4. The van der Waals surface area contributed by atoms with Gasteiger partial charge in [-0.3, -0.25) is 9.44 Å². The van der Waals surface area contributed by atoms with Crippen LogP contribution in [0.1, 0.15) is 66.8 Å². The summed E-state index contributed by atoms with van der Waals surface area (Å²) >= 11 is 0.